The van der Waals surface area contributed by atoms with Crippen molar-refractivity contribution in [1.82, 2.24) is 10.2 Å². The van der Waals surface area contributed by atoms with E-state index < -0.39 is 62.7 Å². The quantitative estimate of drug-likeness (QED) is 0.427. The van der Waals surface area contributed by atoms with Crippen molar-refractivity contribution in [3.8, 4) is 0 Å². The van der Waals surface area contributed by atoms with Crippen molar-refractivity contribution in [2.75, 3.05) is 17.1 Å². The van der Waals surface area contributed by atoms with E-state index in [0.717, 1.165) is 23.3 Å². The molecule has 13 heteroatoms. The van der Waals surface area contributed by atoms with Crippen LogP contribution in [-0.4, -0.2) is 50.0 Å². The minimum atomic E-state index is -4.86. The molecule has 0 fully saturated rings. The van der Waals surface area contributed by atoms with Crippen molar-refractivity contribution in [3.05, 3.63) is 64.4 Å². The van der Waals surface area contributed by atoms with Crippen LogP contribution in [0.15, 0.2) is 42.5 Å². The number of hydrogen-bond acceptors (Lipinski definition) is 4. The van der Waals surface area contributed by atoms with E-state index in [9.17, 15) is 35.6 Å². The molecule has 2 amide bonds. The number of nitrogens with zero attached hydrogens (tertiary/aromatic N) is 2. The lowest BCUT2D eigenvalue weighted by molar-refractivity contribution is -0.140. The van der Waals surface area contributed by atoms with Crippen LogP contribution in [0.2, 0.25) is 5.02 Å². The largest absolute Gasteiger partial charge is 0.417 e. The van der Waals surface area contributed by atoms with Crippen molar-refractivity contribution >= 4 is 39.1 Å². The fourth-order valence-corrected chi connectivity index (χ4v) is 4.65. The van der Waals surface area contributed by atoms with E-state index in [0.29, 0.717) is 15.9 Å². The Bertz CT molecular complexity index is 1220. The van der Waals surface area contributed by atoms with Gasteiger partial charge in [-0.25, -0.2) is 12.8 Å². The maximum atomic E-state index is 13.5. The van der Waals surface area contributed by atoms with E-state index in [2.05, 4.69) is 5.32 Å². The Hall–Kier alpha value is -2.86. The van der Waals surface area contributed by atoms with Gasteiger partial charge in [-0.2, -0.15) is 13.2 Å². The lowest BCUT2D eigenvalue weighted by Crippen LogP contribution is -2.53. The summed E-state index contributed by atoms with van der Waals surface area (Å²) in [7, 11) is -4.25. The summed E-state index contributed by atoms with van der Waals surface area (Å²) in [6, 6.07) is 6.36. The smallest absolute Gasteiger partial charge is 0.352 e. The minimum absolute atomic E-state index is 0.156. The highest BCUT2D eigenvalue weighted by Gasteiger charge is 2.36. The Morgan fingerprint density at radius 2 is 1.68 bits per heavy atom. The molecule has 1 atom stereocenters. The van der Waals surface area contributed by atoms with Crippen LogP contribution in [0.5, 0.6) is 0 Å². The van der Waals surface area contributed by atoms with Gasteiger partial charge in [-0.05, 0) is 56.2 Å². The molecule has 0 saturated heterocycles. The van der Waals surface area contributed by atoms with Crippen LogP contribution in [0.3, 0.4) is 0 Å². The molecule has 0 heterocycles. The van der Waals surface area contributed by atoms with Gasteiger partial charge < -0.3 is 10.2 Å². The fraction of sp³-hybridized carbons (Fsp3) is 0.417. The van der Waals surface area contributed by atoms with Gasteiger partial charge in [-0.3, -0.25) is 13.9 Å². The Kier molecular flexibility index (Phi) is 9.95. The number of halogens is 5. The van der Waals surface area contributed by atoms with Crippen LogP contribution in [0.1, 0.15) is 38.3 Å². The summed E-state index contributed by atoms with van der Waals surface area (Å²) in [5.74, 6) is -1.86. The lowest BCUT2D eigenvalue weighted by Gasteiger charge is -2.33. The number of rotatable bonds is 10. The number of anilines is 1. The number of hydrogen-bond donors (Lipinski definition) is 1. The summed E-state index contributed by atoms with van der Waals surface area (Å²) < 4.78 is 79.3. The minimum Gasteiger partial charge on any atom is -0.352 e. The molecule has 0 aliphatic heterocycles. The molecule has 0 aromatic heterocycles. The third-order valence-electron chi connectivity index (χ3n) is 5.31. The number of amides is 2. The molecule has 0 spiro atoms. The molecular formula is C24H28ClF4N3O4S. The summed E-state index contributed by atoms with van der Waals surface area (Å²) in [6.45, 7) is 4.04. The second kappa shape index (κ2) is 12.1. The van der Waals surface area contributed by atoms with Gasteiger partial charge in [0.05, 0.1) is 22.5 Å². The summed E-state index contributed by atoms with van der Waals surface area (Å²) >= 11 is 5.66. The number of sulfonamides is 1. The van der Waals surface area contributed by atoms with E-state index in [1.54, 1.807) is 20.8 Å². The molecule has 0 saturated carbocycles. The van der Waals surface area contributed by atoms with Crippen LogP contribution in [-0.2, 0) is 32.3 Å². The molecule has 0 aliphatic carbocycles. The monoisotopic (exact) mass is 565 g/mol. The standard InChI is InChI=1S/C24H28ClF4N3O4S/c1-5-21(23(34)30-15(2)3)31(13-16-6-8-17(26)9-7-16)22(33)14-32(37(4,35)36)18-10-11-20(25)19(12-18)24(27,28)29/h6-12,15,21H,5,13-14H2,1-4H3,(H,30,34)/t21-/m0/s1. The predicted octanol–water partition coefficient (Wildman–Crippen LogP) is 4.60. The topological polar surface area (TPSA) is 86.8 Å². The first-order valence-corrected chi connectivity index (χ1v) is 13.5. The number of carbonyl (C=O) groups excluding carboxylic acids is 2. The first-order valence-electron chi connectivity index (χ1n) is 11.2. The highest BCUT2D eigenvalue weighted by atomic mass is 35.5. The fourth-order valence-electron chi connectivity index (χ4n) is 3.59. The number of alkyl halides is 3. The zero-order valence-electron chi connectivity index (χ0n) is 20.6. The van der Waals surface area contributed by atoms with Gasteiger partial charge in [0.1, 0.15) is 18.4 Å². The molecule has 7 nitrogen and oxygen atoms in total. The Morgan fingerprint density at radius 3 is 2.16 bits per heavy atom. The molecule has 2 rings (SSSR count). The van der Waals surface area contributed by atoms with Crippen LogP contribution < -0.4 is 9.62 Å². The zero-order valence-corrected chi connectivity index (χ0v) is 22.2. The zero-order chi connectivity index (χ0) is 28.1. The van der Waals surface area contributed by atoms with Gasteiger partial charge >= 0.3 is 6.18 Å². The third kappa shape index (κ3) is 8.32. The molecule has 0 bridgehead atoms. The summed E-state index contributed by atoms with van der Waals surface area (Å²) in [6.07, 6.45) is -3.96. The highest BCUT2D eigenvalue weighted by Crippen LogP contribution is 2.37. The summed E-state index contributed by atoms with van der Waals surface area (Å²) in [4.78, 5) is 27.5. The van der Waals surface area contributed by atoms with Gasteiger partial charge in [0.15, 0.2) is 0 Å². The molecule has 0 aliphatic rings. The van der Waals surface area contributed by atoms with Crippen molar-refractivity contribution in [3.63, 3.8) is 0 Å². The summed E-state index contributed by atoms with van der Waals surface area (Å²) in [5, 5.41) is 2.07. The molecule has 2 aromatic rings. The van der Waals surface area contributed by atoms with E-state index in [1.807, 2.05) is 0 Å². The number of nitrogens with one attached hydrogen (secondary N) is 1. The van der Waals surface area contributed by atoms with Crippen LogP contribution in [0, 0.1) is 5.82 Å². The maximum absolute atomic E-state index is 13.5. The Balaban J connectivity index is 2.52. The average Bonchev–Trinajstić information content (AvgIpc) is 2.77. The molecule has 204 valence electrons. The predicted molar refractivity (Wildman–Crippen MR) is 133 cm³/mol. The third-order valence-corrected chi connectivity index (χ3v) is 6.78. The molecule has 0 unspecified atom stereocenters. The van der Waals surface area contributed by atoms with Gasteiger partial charge in [0.2, 0.25) is 21.8 Å². The van der Waals surface area contributed by atoms with E-state index in [1.165, 1.54) is 24.3 Å². The number of benzene rings is 2. The normalized spacial score (nSPS) is 12.8. The van der Waals surface area contributed by atoms with Crippen molar-refractivity contribution in [2.24, 2.45) is 0 Å². The first-order chi connectivity index (χ1) is 17.0. The van der Waals surface area contributed by atoms with Crippen molar-refractivity contribution in [2.45, 2.75) is 52.0 Å². The Labute approximate surface area is 218 Å². The maximum Gasteiger partial charge on any atom is 0.417 e. The van der Waals surface area contributed by atoms with E-state index in [4.69, 9.17) is 11.6 Å². The molecule has 37 heavy (non-hydrogen) atoms. The lowest BCUT2D eigenvalue weighted by atomic mass is 10.1. The van der Waals surface area contributed by atoms with Crippen molar-refractivity contribution < 1.29 is 35.6 Å². The average molecular weight is 566 g/mol. The second-order valence-corrected chi connectivity index (χ2v) is 11.0. The van der Waals surface area contributed by atoms with E-state index >= 15 is 0 Å². The van der Waals surface area contributed by atoms with E-state index in [-0.39, 0.29) is 19.0 Å². The van der Waals surface area contributed by atoms with Crippen LogP contribution in [0.25, 0.3) is 0 Å². The van der Waals surface area contributed by atoms with Crippen LogP contribution >= 0.6 is 11.6 Å². The number of carbonyl (C=O) groups is 2. The Morgan fingerprint density at radius 1 is 1.08 bits per heavy atom. The molecular weight excluding hydrogens is 538 g/mol. The van der Waals surface area contributed by atoms with Crippen molar-refractivity contribution in [1.29, 1.82) is 0 Å². The second-order valence-electron chi connectivity index (χ2n) is 8.67. The van der Waals surface area contributed by atoms with Gasteiger partial charge in [0, 0.05) is 12.6 Å². The molecule has 1 N–H and O–H groups in total. The first kappa shape index (κ1) is 30.4. The van der Waals surface area contributed by atoms with Gasteiger partial charge in [-0.15, -0.1) is 0 Å². The van der Waals surface area contributed by atoms with Gasteiger partial charge in [0.25, 0.3) is 0 Å². The SMILES string of the molecule is CC[C@@H](C(=O)NC(C)C)N(Cc1ccc(F)cc1)C(=O)CN(c1ccc(Cl)c(C(F)(F)F)c1)S(C)(=O)=O. The highest BCUT2D eigenvalue weighted by molar-refractivity contribution is 7.92. The van der Waals surface area contributed by atoms with Crippen LogP contribution in [0.4, 0.5) is 23.2 Å². The molecule has 0 radical (unpaired) electrons. The molecule has 2 aromatic carbocycles. The van der Waals surface area contributed by atoms with Gasteiger partial charge in [-0.1, -0.05) is 30.7 Å². The summed E-state index contributed by atoms with van der Waals surface area (Å²) in [5.41, 5.74) is -1.23.